The Morgan fingerprint density at radius 3 is 2.67 bits per heavy atom. The SMILES string of the molecule is Cc1ccc(CC(O)c2cnccc2N)cc1C. The molecule has 3 nitrogen and oxygen atoms in total. The number of nitrogen functional groups attached to an aromatic ring is 1. The van der Waals surface area contributed by atoms with Crippen molar-refractivity contribution in [3.8, 4) is 0 Å². The third-order valence-electron chi connectivity index (χ3n) is 3.25. The number of aliphatic hydroxyl groups is 1. The van der Waals surface area contributed by atoms with E-state index >= 15 is 0 Å². The van der Waals surface area contributed by atoms with Gasteiger partial charge in [-0.3, -0.25) is 4.98 Å². The van der Waals surface area contributed by atoms with Crippen LogP contribution in [0.1, 0.15) is 28.4 Å². The number of hydrogen-bond acceptors (Lipinski definition) is 3. The molecule has 1 atom stereocenters. The first-order valence-electron chi connectivity index (χ1n) is 6.01. The molecule has 94 valence electrons. The maximum Gasteiger partial charge on any atom is 0.0865 e. The quantitative estimate of drug-likeness (QED) is 0.869. The molecule has 0 bridgehead atoms. The van der Waals surface area contributed by atoms with Gasteiger partial charge in [0.15, 0.2) is 0 Å². The van der Waals surface area contributed by atoms with Gasteiger partial charge in [0.2, 0.25) is 0 Å². The van der Waals surface area contributed by atoms with E-state index in [1.807, 2.05) is 6.07 Å². The second kappa shape index (κ2) is 5.19. The molecule has 0 saturated carbocycles. The maximum absolute atomic E-state index is 10.2. The largest absolute Gasteiger partial charge is 0.398 e. The van der Waals surface area contributed by atoms with E-state index in [1.54, 1.807) is 18.5 Å². The molecule has 18 heavy (non-hydrogen) atoms. The van der Waals surface area contributed by atoms with Gasteiger partial charge in [-0.05, 0) is 36.6 Å². The predicted molar refractivity (Wildman–Crippen MR) is 73.2 cm³/mol. The van der Waals surface area contributed by atoms with Crippen LogP contribution in [0.15, 0.2) is 36.7 Å². The molecular weight excluding hydrogens is 224 g/mol. The Bertz CT molecular complexity index is 552. The lowest BCUT2D eigenvalue weighted by molar-refractivity contribution is 0.179. The normalized spacial score (nSPS) is 12.4. The van der Waals surface area contributed by atoms with Crippen LogP contribution in [-0.4, -0.2) is 10.1 Å². The Balaban J connectivity index is 2.19. The van der Waals surface area contributed by atoms with E-state index in [9.17, 15) is 5.11 Å². The summed E-state index contributed by atoms with van der Waals surface area (Å²) < 4.78 is 0. The van der Waals surface area contributed by atoms with Gasteiger partial charge in [0, 0.05) is 30.1 Å². The minimum atomic E-state index is -0.610. The third-order valence-corrected chi connectivity index (χ3v) is 3.25. The minimum Gasteiger partial charge on any atom is -0.398 e. The average molecular weight is 242 g/mol. The van der Waals surface area contributed by atoms with E-state index in [0.717, 1.165) is 5.56 Å². The first-order valence-corrected chi connectivity index (χ1v) is 6.01. The van der Waals surface area contributed by atoms with Crippen LogP contribution in [0.25, 0.3) is 0 Å². The number of benzene rings is 1. The summed E-state index contributed by atoms with van der Waals surface area (Å²) in [7, 11) is 0. The Labute approximate surface area is 107 Å². The minimum absolute atomic E-state index is 0.553. The summed E-state index contributed by atoms with van der Waals surface area (Å²) >= 11 is 0. The van der Waals surface area contributed by atoms with Crippen molar-refractivity contribution in [2.75, 3.05) is 5.73 Å². The average Bonchev–Trinajstić information content (AvgIpc) is 2.34. The second-order valence-electron chi connectivity index (χ2n) is 4.64. The molecule has 0 aliphatic heterocycles. The molecule has 3 heteroatoms. The summed E-state index contributed by atoms with van der Waals surface area (Å²) in [6, 6.07) is 7.92. The smallest absolute Gasteiger partial charge is 0.0865 e. The summed E-state index contributed by atoms with van der Waals surface area (Å²) in [5.74, 6) is 0. The Morgan fingerprint density at radius 2 is 2.00 bits per heavy atom. The van der Waals surface area contributed by atoms with Crippen LogP contribution in [0.2, 0.25) is 0 Å². The third kappa shape index (κ3) is 2.68. The summed E-state index contributed by atoms with van der Waals surface area (Å²) in [5, 5.41) is 10.2. The van der Waals surface area contributed by atoms with E-state index in [-0.39, 0.29) is 0 Å². The number of hydrogen-bond donors (Lipinski definition) is 2. The molecule has 2 aromatic rings. The lowest BCUT2D eigenvalue weighted by Crippen LogP contribution is -2.06. The number of rotatable bonds is 3. The fourth-order valence-electron chi connectivity index (χ4n) is 1.96. The molecular formula is C15H18N2O. The number of aryl methyl sites for hydroxylation is 2. The van der Waals surface area contributed by atoms with Gasteiger partial charge >= 0.3 is 0 Å². The number of aliphatic hydroxyl groups excluding tert-OH is 1. The molecule has 0 fully saturated rings. The standard InChI is InChI=1S/C15H18N2O/c1-10-3-4-12(7-11(10)2)8-15(18)13-9-17-6-5-14(13)16/h3-7,9,15,18H,8H2,1-2H3,(H2,16,17). The lowest BCUT2D eigenvalue weighted by atomic mass is 9.98. The molecule has 0 saturated heterocycles. The predicted octanol–water partition coefficient (Wildman–Crippen LogP) is 2.56. The van der Waals surface area contributed by atoms with Crippen LogP contribution in [-0.2, 0) is 6.42 Å². The topological polar surface area (TPSA) is 59.1 Å². The van der Waals surface area contributed by atoms with Crippen LogP contribution in [0, 0.1) is 13.8 Å². The Kier molecular flexibility index (Phi) is 3.63. The summed E-state index contributed by atoms with van der Waals surface area (Å²) in [5.41, 5.74) is 10.7. The molecule has 1 heterocycles. The van der Waals surface area contributed by atoms with Gasteiger partial charge in [0.1, 0.15) is 0 Å². The van der Waals surface area contributed by atoms with Gasteiger partial charge in [-0.1, -0.05) is 18.2 Å². The number of nitrogens with two attached hydrogens (primary N) is 1. The number of pyridine rings is 1. The van der Waals surface area contributed by atoms with Crippen molar-refractivity contribution < 1.29 is 5.11 Å². The lowest BCUT2D eigenvalue weighted by Gasteiger charge is -2.13. The zero-order valence-corrected chi connectivity index (χ0v) is 10.7. The molecule has 1 aromatic carbocycles. The zero-order valence-electron chi connectivity index (χ0n) is 10.7. The summed E-state index contributed by atoms with van der Waals surface area (Å²) in [6.07, 6.45) is 3.19. The molecule has 0 amide bonds. The van der Waals surface area contributed by atoms with Crippen LogP contribution in [0.3, 0.4) is 0 Å². The molecule has 1 aromatic heterocycles. The van der Waals surface area contributed by atoms with Gasteiger partial charge in [-0.25, -0.2) is 0 Å². The van der Waals surface area contributed by atoms with Crippen molar-refractivity contribution in [3.05, 3.63) is 58.9 Å². The highest BCUT2D eigenvalue weighted by Gasteiger charge is 2.12. The van der Waals surface area contributed by atoms with Gasteiger partial charge in [0.25, 0.3) is 0 Å². The fourth-order valence-corrected chi connectivity index (χ4v) is 1.96. The highest BCUT2D eigenvalue weighted by atomic mass is 16.3. The van der Waals surface area contributed by atoms with Crippen molar-refractivity contribution in [2.45, 2.75) is 26.4 Å². The van der Waals surface area contributed by atoms with E-state index in [4.69, 9.17) is 5.73 Å². The Morgan fingerprint density at radius 1 is 1.22 bits per heavy atom. The van der Waals surface area contributed by atoms with E-state index in [1.165, 1.54) is 11.1 Å². The summed E-state index contributed by atoms with van der Waals surface area (Å²) in [6.45, 7) is 4.15. The van der Waals surface area contributed by atoms with Crippen molar-refractivity contribution in [2.24, 2.45) is 0 Å². The monoisotopic (exact) mass is 242 g/mol. The van der Waals surface area contributed by atoms with E-state index in [0.29, 0.717) is 17.7 Å². The number of anilines is 1. The van der Waals surface area contributed by atoms with Crippen molar-refractivity contribution in [1.29, 1.82) is 0 Å². The molecule has 1 unspecified atom stereocenters. The van der Waals surface area contributed by atoms with Crippen molar-refractivity contribution in [1.82, 2.24) is 4.98 Å². The van der Waals surface area contributed by atoms with Crippen LogP contribution in [0.4, 0.5) is 5.69 Å². The molecule has 0 spiro atoms. The second-order valence-corrected chi connectivity index (χ2v) is 4.64. The maximum atomic E-state index is 10.2. The van der Waals surface area contributed by atoms with Gasteiger partial charge < -0.3 is 10.8 Å². The first-order chi connectivity index (χ1) is 8.58. The van der Waals surface area contributed by atoms with Gasteiger partial charge in [-0.2, -0.15) is 0 Å². The summed E-state index contributed by atoms with van der Waals surface area (Å²) in [4.78, 5) is 4.00. The van der Waals surface area contributed by atoms with Crippen molar-refractivity contribution in [3.63, 3.8) is 0 Å². The number of aromatic nitrogens is 1. The highest BCUT2D eigenvalue weighted by molar-refractivity contribution is 5.46. The van der Waals surface area contributed by atoms with Gasteiger partial charge in [0.05, 0.1) is 6.10 Å². The zero-order chi connectivity index (χ0) is 13.1. The molecule has 0 radical (unpaired) electrons. The van der Waals surface area contributed by atoms with Crippen LogP contribution < -0.4 is 5.73 Å². The van der Waals surface area contributed by atoms with Crippen LogP contribution >= 0.6 is 0 Å². The molecule has 0 aliphatic rings. The van der Waals surface area contributed by atoms with E-state index < -0.39 is 6.10 Å². The number of nitrogens with zero attached hydrogens (tertiary/aromatic N) is 1. The molecule has 3 N–H and O–H groups in total. The Hall–Kier alpha value is -1.87. The van der Waals surface area contributed by atoms with Crippen molar-refractivity contribution >= 4 is 5.69 Å². The molecule has 0 aliphatic carbocycles. The molecule has 2 rings (SSSR count). The van der Waals surface area contributed by atoms with E-state index in [2.05, 4.69) is 31.0 Å². The van der Waals surface area contributed by atoms with Crippen LogP contribution in [0.5, 0.6) is 0 Å². The fraction of sp³-hybridized carbons (Fsp3) is 0.267. The van der Waals surface area contributed by atoms with Gasteiger partial charge in [-0.15, -0.1) is 0 Å². The first kappa shape index (κ1) is 12.6. The highest BCUT2D eigenvalue weighted by Crippen LogP contribution is 2.23.